The van der Waals surface area contributed by atoms with Crippen LogP contribution in [0.1, 0.15) is 41.5 Å². The van der Waals surface area contributed by atoms with Crippen LogP contribution in [0.3, 0.4) is 0 Å². The van der Waals surface area contributed by atoms with E-state index >= 15 is 0 Å². The fraction of sp³-hybridized carbons (Fsp3) is 0.833. The zero-order valence-corrected chi connectivity index (χ0v) is 22.6. The number of hydrogen-bond donors (Lipinski definition) is 2. The molecule has 0 radical (unpaired) electrons. The Morgan fingerprint density at radius 3 is 0.944 bits per heavy atom. The molecule has 1 aliphatic rings. The fourth-order valence-electron chi connectivity index (χ4n) is 3.71. The van der Waals surface area contributed by atoms with E-state index in [0.29, 0.717) is 52.4 Å². The Labute approximate surface area is 214 Å². The average Bonchev–Trinajstić information content (AvgIpc) is 2.66. The van der Waals surface area contributed by atoms with Crippen molar-refractivity contribution in [1.29, 1.82) is 0 Å². The van der Waals surface area contributed by atoms with Crippen molar-refractivity contribution in [3.63, 3.8) is 0 Å². The second kappa shape index (κ2) is 14.5. The molecule has 12 nitrogen and oxygen atoms in total. The van der Waals surface area contributed by atoms with Gasteiger partial charge in [-0.2, -0.15) is 0 Å². The van der Waals surface area contributed by atoms with Gasteiger partial charge in [-0.3, -0.25) is 38.8 Å². The van der Waals surface area contributed by atoms with Crippen molar-refractivity contribution in [3.8, 4) is 0 Å². The van der Waals surface area contributed by atoms with E-state index in [9.17, 15) is 29.4 Å². The van der Waals surface area contributed by atoms with Crippen molar-refractivity contribution in [2.75, 3.05) is 78.5 Å². The fourth-order valence-corrected chi connectivity index (χ4v) is 3.71. The Morgan fingerprint density at radius 2 is 0.750 bits per heavy atom. The third kappa shape index (κ3) is 15.7. The quantitative estimate of drug-likeness (QED) is 0.422. The van der Waals surface area contributed by atoms with Gasteiger partial charge in [-0.05, 0) is 41.5 Å². The normalized spacial score (nSPS) is 18.6. The van der Waals surface area contributed by atoms with Gasteiger partial charge >= 0.3 is 23.9 Å². The van der Waals surface area contributed by atoms with E-state index in [4.69, 9.17) is 9.47 Å². The zero-order chi connectivity index (χ0) is 27.5. The number of esters is 2. The van der Waals surface area contributed by atoms with Crippen LogP contribution in [-0.4, -0.2) is 143 Å². The number of nitrogens with zero attached hydrogens (tertiary/aromatic N) is 4. The van der Waals surface area contributed by atoms with Crippen molar-refractivity contribution in [2.24, 2.45) is 0 Å². The molecule has 0 unspecified atom stereocenters. The molecule has 0 spiro atoms. The van der Waals surface area contributed by atoms with Gasteiger partial charge in [0.2, 0.25) is 0 Å². The molecule has 0 aromatic rings. The molecule has 36 heavy (non-hydrogen) atoms. The lowest BCUT2D eigenvalue weighted by molar-refractivity contribution is -0.158. The van der Waals surface area contributed by atoms with Gasteiger partial charge in [0.1, 0.15) is 11.2 Å². The molecular formula is C24H44N4O8. The number of carboxylic acids is 2. The molecule has 12 heteroatoms. The maximum Gasteiger partial charge on any atom is 0.320 e. The summed E-state index contributed by atoms with van der Waals surface area (Å²) < 4.78 is 10.9. The Balaban J connectivity index is 3.05. The van der Waals surface area contributed by atoms with Crippen LogP contribution in [0.25, 0.3) is 0 Å². The molecule has 1 aliphatic heterocycles. The number of hydrogen-bond acceptors (Lipinski definition) is 10. The van der Waals surface area contributed by atoms with Gasteiger partial charge in [-0.25, -0.2) is 0 Å². The summed E-state index contributed by atoms with van der Waals surface area (Å²) in [6.45, 7) is 13.6. The predicted octanol–water partition coefficient (Wildman–Crippen LogP) is 0.0606. The molecule has 1 heterocycles. The van der Waals surface area contributed by atoms with E-state index in [1.54, 1.807) is 51.3 Å². The van der Waals surface area contributed by atoms with E-state index in [1.807, 2.05) is 9.80 Å². The van der Waals surface area contributed by atoms with Gasteiger partial charge < -0.3 is 19.7 Å². The largest absolute Gasteiger partial charge is 0.480 e. The summed E-state index contributed by atoms with van der Waals surface area (Å²) in [5, 5.41) is 18.6. The van der Waals surface area contributed by atoms with E-state index in [0.717, 1.165) is 0 Å². The summed E-state index contributed by atoms with van der Waals surface area (Å²) in [6.07, 6.45) is 0. The molecule has 1 saturated heterocycles. The first-order valence-corrected chi connectivity index (χ1v) is 12.3. The van der Waals surface area contributed by atoms with Crippen LogP contribution in [0.4, 0.5) is 0 Å². The number of ether oxygens (including phenoxy) is 2. The highest BCUT2D eigenvalue weighted by Gasteiger charge is 2.24. The van der Waals surface area contributed by atoms with Gasteiger partial charge in [-0.1, -0.05) is 0 Å². The monoisotopic (exact) mass is 516 g/mol. The maximum atomic E-state index is 12.5. The summed E-state index contributed by atoms with van der Waals surface area (Å²) in [5.41, 5.74) is -1.26. The molecule has 0 aromatic carbocycles. The first kappa shape index (κ1) is 31.7. The SMILES string of the molecule is CC(C)(C)OC(=O)CN1CCN(CC(=O)O)CCN(CC(=O)O)CCN(CC(=O)OC(C)(C)C)CC1. The summed E-state index contributed by atoms with van der Waals surface area (Å²) in [6, 6.07) is 0. The Hall–Kier alpha value is -2.28. The second-order valence-electron chi connectivity index (χ2n) is 11.1. The van der Waals surface area contributed by atoms with Crippen molar-refractivity contribution >= 4 is 23.9 Å². The number of carbonyl (C=O) groups excluding carboxylic acids is 2. The van der Waals surface area contributed by atoms with Gasteiger partial charge in [-0.15, -0.1) is 0 Å². The molecule has 0 saturated carbocycles. The first-order chi connectivity index (χ1) is 16.5. The smallest absolute Gasteiger partial charge is 0.320 e. The minimum absolute atomic E-state index is 0.0313. The molecule has 0 aromatic heterocycles. The van der Waals surface area contributed by atoms with Gasteiger partial charge in [0.15, 0.2) is 0 Å². The predicted molar refractivity (Wildman–Crippen MR) is 133 cm³/mol. The molecule has 0 bridgehead atoms. The van der Waals surface area contributed by atoms with Gasteiger partial charge in [0.25, 0.3) is 0 Å². The van der Waals surface area contributed by atoms with Crippen LogP contribution in [0.15, 0.2) is 0 Å². The first-order valence-electron chi connectivity index (χ1n) is 12.3. The lowest BCUT2D eigenvalue weighted by atomic mass is 10.2. The summed E-state index contributed by atoms with van der Waals surface area (Å²) >= 11 is 0. The Morgan fingerprint density at radius 1 is 0.528 bits per heavy atom. The van der Waals surface area contributed by atoms with Crippen LogP contribution < -0.4 is 0 Å². The standard InChI is InChI=1S/C24H44N4O8/c1-23(2,3)35-21(33)17-27-11-9-25(15-19(29)30)7-8-26(16-20(31)32)10-12-28(14-13-27)18-22(34)36-24(4,5)6/h7-18H2,1-6H3,(H,29,30)(H,31,32). The van der Waals surface area contributed by atoms with Crippen LogP contribution in [0.5, 0.6) is 0 Å². The third-order valence-corrected chi connectivity index (χ3v) is 5.19. The molecular weight excluding hydrogens is 472 g/mol. The van der Waals surface area contributed by atoms with E-state index < -0.39 is 23.1 Å². The maximum absolute atomic E-state index is 12.5. The number of carbonyl (C=O) groups is 4. The summed E-state index contributed by atoms with van der Waals surface area (Å²) in [7, 11) is 0. The second-order valence-corrected chi connectivity index (χ2v) is 11.1. The van der Waals surface area contributed by atoms with Crippen LogP contribution in [0.2, 0.25) is 0 Å². The highest BCUT2D eigenvalue weighted by Crippen LogP contribution is 2.10. The minimum atomic E-state index is -0.978. The summed E-state index contributed by atoms with van der Waals surface area (Å²) in [4.78, 5) is 55.0. The average molecular weight is 517 g/mol. The third-order valence-electron chi connectivity index (χ3n) is 5.19. The highest BCUT2D eigenvalue weighted by molar-refractivity contribution is 5.72. The molecule has 0 aliphatic carbocycles. The van der Waals surface area contributed by atoms with Gasteiger partial charge in [0.05, 0.1) is 26.2 Å². The van der Waals surface area contributed by atoms with Crippen LogP contribution in [-0.2, 0) is 28.7 Å². The Bertz CT molecular complexity index is 685. The Kier molecular flexibility index (Phi) is 12.8. The molecule has 2 N–H and O–H groups in total. The minimum Gasteiger partial charge on any atom is -0.480 e. The van der Waals surface area contributed by atoms with Crippen molar-refractivity contribution in [1.82, 2.24) is 19.6 Å². The van der Waals surface area contributed by atoms with E-state index in [1.165, 1.54) is 0 Å². The number of carboxylic acid groups (broad SMARTS) is 2. The topological polar surface area (TPSA) is 140 Å². The molecule has 0 atom stereocenters. The molecule has 208 valence electrons. The lowest BCUT2D eigenvalue weighted by Gasteiger charge is -2.33. The van der Waals surface area contributed by atoms with Crippen molar-refractivity contribution in [2.45, 2.75) is 52.7 Å². The van der Waals surface area contributed by atoms with E-state index in [-0.39, 0.29) is 38.1 Å². The van der Waals surface area contributed by atoms with Crippen LogP contribution in [0, 0.1) is 0 Å². The number of rotatable bonds is 8. The molecule has 1 rings (SSSR count). The highest BCUT2D eigenvalue weighted by atomic mass is 16.6. The molecule has 1 fully saturated rings. The zero-order valence-electron chi connectivity index (χ0n) is 22.6. The molecule has 0 amide bonds. The van der Waals surface area contributed by atoms with Crippen LogP contribution >= 0.6 is 0 Å². The van der Waals surface area contributed by atoms with Gasteiger partial charge in [0, 0.05) is 52.4 Å². The lowest BCUT2D eigenvalue weighted by Crippen LogP contribution is -2.49. The summed E-state index contributed by atoms with van der Waals surface area (Å²) in [5.74, 6) is -2.72. The van der Waals surface area contributed by atoms with Crippen molar-refractivity contribution < 1.29 is 38.9 Å². The van der Waals surface area contributed by atoms with Crippen molar-refractivity contribution in [3.05, 3.63) is 0 Å². The number of aliphatic carboxylic acids is 2. The van der Waals surface area contributed by atoms with E-state index in [2.05, 4.69) is 0 Å².